The molecule has 0 saturated heterocycles. The van der Waals surface area contributed by atoms with E-state index in [1.807, 2.05) is 54.6 Å². The Labute approximate surface area is 136 Å². The monoisotopic (exact) mass is 304 g/mol. The SMILES string of the molecule is CC(C)(C)c1ccc(-c2nnc(/C=C/c3ccccc3)o2)cc1. The summed E-state index contributed by atoms with van der Waals surface area (Å²) in [5, 5.41) is 8.20. The Hall–Kier alpha value is -2.68. The molecule has 1 heterocycles. The number of rotatable bonds is 3. The van der Waals surface area contributed by atoms with Gasteiger partial charge in [-0.25, -0.2) is 0 Å². The van der Waals surface area contributed by atoms with E-state index < -0.39 is 0 Å². The van der Waals surface area contributed by atoms with Crippen molar-refractivity contribution in [2.45, 2.75) is 26.2 Å². The van der Waals surface area contributed by atoms with E-state index >= 15 is 0 Å². The summed E-state index contributed by atoms with van der Waals surface area (Å²) in [5.74, 6) is 1.04. The number of hydrogen-bond donors (Lipinski definition) is 0. The van der Waals surface area contributed by atoms with E-state index in [2.05, 4.69) is 43.1 Å². The Morgan fingerprint density at radius 1 is 0.826 bits per heavy atom. The standard InChI is InChI=1S/C20H20N2O/c1-20(2,3)17-12-10-16(11-13-17)19-22-21-18(23-19)14-9-15-7-5-4-6-8-15/h4-14H,1-3H3/b14-9+. The van der Waals surface area contributed by atoms with Gasteiger partial charge in [-0.1, -0.05) is 63.2 Å². The van der Waals surface area contributed by atoms with E-state index in [9.17, 15) is 0 Å². The molecule has 0 N–H and O–H groups in total. The van der Waals surface area contributed by atoms with Crippen LogP contribution in [0.3, 0.4) is 0 Å². The third kappa shape index (κ3) is 3.75. The van der Waals surface area contributed by atoms with Crippen LogP contribution in [0, 0.1) is 0 Å². The van der Waals surface area contributed by atoms with E-state index in [0.717, 1.165) is 11.1 Å². The molecule has 0 saturated carbocycles. The fourth-order valence-corrected chi connectivity index (χ4v) is 2.26. The van der Waals surface area contributed by atoms with Gasteiger partial charge in [-0.05, 0) is 34.8 Å². The molecule has 0 aliphatic carbocycles. The molecule has 0 fully saturated rings. The van der Waals surface area contributed by atoms with Crippen molar-refractivity contribution in [3.63, 3.8) is 0 Å². The van der Waals surface area contributed by atoms with Crippen molar-refractivity contribution in [1.82, 2.24) is 10.2 Å². The van der Waals surface area contributed by atoms with Crippen molar-refractivity contribution < 1.29 is 4.42 Å². The lowest BCUT2D eigenvalue weighted by atomic mass is 9.87. The molecule has 3 aromatic rings. The smallest absolute Gasteiger partial charge is 0.248 e. The summed E-state index contributed by atoms with van der Waals surface area (Å²) in [7, 11) is 0. The Balaban J connectivity index is 1.78. The predicted molar refractivity (Wildman–Crippen MR) is 93.8 cm³/mol. The van der Waals surface area contributed by atoms with Crippen LogP contribution >= 0.6 is 0 Å². The highest BCUT2D eigenvalue weighted by molar-refractivity contribution is 5.66. The van der Waals surface area contributed by atoms with Crippen molar-refractivity contribution in [3.8, 4) is 11.5 Å². The first-order chi connectivity index (χ1) is 11.0. The van der Waals surface area contributed by atoms with E-state index in [1.54, 1.807) is 0 Å². The number of benzene rings is 2. The third-order valence-corrected chi connectivity index (χ3v) is 3.66. The zero-order valence-corrected chi connectivity index (χ0v) is 13.7. The molecule has 0 amide bonds. The predicted octanol–water partition coefficient (Wildman–Crippen LogP) is 5.20. The molecule has 3 rings (SSSR count). The van der Waals surface area contributed by atoms with Gasteiger partial charge in [0.05, 0.1) is 0 Å². The second-order valence-electron chi connectivity index (χ2n) is 6.52. The molecule has 0 spiro atoms. The third-order valence-electron chi connectivity index (χ3n) is 3.66. The highest BCUT2D eigenvalue weighted by Crippen LogP contribution is 2.25. The molecule has 0 unspecified atom stereocenters. The minimum absolute atomic E-state index is 0.136. The van der Waals surface area contributed by atoms with Gasteiger partial charge in [-0.2, -0.15) is 0 Å². The maximum Gasteiger partial charge on any atom is 0.248 e. The van der Waals surface area contributed by atoms with Crippen LogP contribution in [0.15, 0.2) is 59.0 Å². The van der Waals surface area contributed by atoms with Crippen molar-refractivity contribution in [2.24, 2.45) is 0 Å². The molecule has 0 bridgehead atoms. The van der Waals surface area contributed by atoms with Gasteiger partial charge in [0.25, 0.3) is 0 Å². The van der Waals surface area contributed by atoms with E-state index in [-0.39, 0.29) is 5.41 Å². The number of aromatic nitrogens is 2. The number of hydrogen-bond acceptors (Lipinski definition) is 3. The second-order valence-corrected chi connectivity index (χ2v) is 6.52. The minimum Gasteiger partial charge on any atom is -0.417 e. The van der Waals surface area contributed by atoms with Crippen LogP contribution in [0.5, 0.6) is 0 Å². The summed E-state index contributed by atoms with van der Waals surface area (Å²) in [5.41, 5.74) is 3.45. The molecular formula is C20H20N2O. The van der Waals surface area contributed by atoms with Gasteiger partial charge in [0.15, 0.2) is 0 Å². The average Bonchev–Trinajstić information content (AvgIpc) is 3.02. The maximum atomic E-state index is 5.71. The molecule has 116 valence electrons. The van der Waals surface area contributed by atoms with Gasteiger partial charge in [0.1, 0.15) is 0 Å². The van der Waals surface area contributed by atoms with Gasteiger partial charge in [-0.3, -0.25) is 0 Å². The molecule has 0 radical (unpaired) electrons. The van der Waals surface area contributed by atoms with Crippen LogP contribution < -0.4 is 0 Å². The van der Waals surface area contributed by atoms with Gasteiger partial charge >= 0.3 is 0 Å². The van der Waals surface area contributed by atoms with Crippen molar-refractivity contribution in [3.05, 3.63) is 71.6 Å². The van der Waals surface area contributed by atoms with Crippen LogP contribution in [0.25, 0.3) is 23.6 Å². The van der Waals surface area contributed by atoms with Crippen LogP contribution in [0.2, 0.25) is 0 Å². The lowest BCUT2D eigenvalue weighted by Crippen LogP contribution is -2.10. The summed E-state index contributed by atoms with van der Waals surface area (Å²) in [6, 6.07) is 18.3. The summed E-state index contributed by atoms with van der Waals surface area (Å²) in [6.07, 6.45) is 3.79. The Morgan fingerprint density at radius 2 is 1.52 bits per heavy atom. The van der Waals surface area contributed by atoms with Crippen LogP contribution in [-0.4, -0.2) is 10.2 Å². The molecule has 0 aliphatic rings. The molecule has 2 aromatic carbocycles. The minimum atomic E-state index is 0.136. The number of nitrogens with zero attached hydrogens (tertiary/aromatic N) is 2. The fourth-order valence-electron chi connectivity index (χ4n) is 2.26. The zero-order valence-electron chi connectivity index (χ0n) is 13.7. The topological polar surface area (TPSA) is 38.9 Å². The van der Waals surface area contributed by atoms with Gasteiger partial charge in [0, 0.05) is 11.6 Å². The highest BCUT2D eigenvalue weighted by Gasteiger charge is 2.14. The summed E-state index contributed by atoms with van der Waals surface area (Å²) in [6.45, 7) is 6.59. The molecule has 1 aromatic heterocycles. The largest absolute Gasteiger partial charge is 0.417 e. The van der Waals surface area contributed by atoms with E-state index in [0.29, 0.717) is 11.8 Å². The summed E-state index contributed by atoms with van der Waals surface area (Å²) >= 11 is 0. The zero-order chi connectivity index (χ0) is 16.3. The molecule has 0 aliphatic heterocycles. The highest BCUT2D eigenvalue weighted by atomic mass is 16.4. The first kappa shape index (κ1) is 15.2. The molecule has 0 atom stereocenters. The summed E-state index contributed by atoms with van der Waals surface area (Å²) in [4.78, 5) is 0. The van der Waals surface area contributed by atoms with Gasteiger partial charge in [0.2, 0.25) is 11.8 Å². The first-order valence-electron chi connectivity index (χ1n) is 7.70. The lowest BCUT2D eigenvalue weighted by Gasteiger charge is -2.18. The van der Waals surface area contributed by atoms with Crippen molar-refractivity contribution in [1.29, 1.82) is 0 Å². The maximum absolute atomic E-state index is 5.71. The van der Waals surface area contributed by atoms with E-state index in [1.165, 1.54) is 5.56 Å². The van der Waals surface area contributed by atoms with Crippen molar-refractivity contribution >= 4 is 12.2 Å². The van der Waals surface area contributed by atoms with Crippen LogP contribution in [0.4, 0.5) is 0 Å². The molecular weight excluding hydrogens is 284 g/mol. The molecule has 3 nitrogen and oxygen atoms in total. The normalized spacial score (nSPS) is 12.0. The fraction of sp³-hybridized carbons (Fsp3) is 0.200. The Bertz CT molecular complexity index is 794. The second kappa shape index (κ2) is 6.21. The Morgan fingerprint density at radius 3 is 2.17 bits per heavy atom. The molecule has 3 heteroatoms. The molecule has 23 heavy (non-hydrogen) atoms. The van der Waals surface area contributed by atoms with Gasteiger partial charge in [-0.15, -0.1) is 10.2 Å². The lowest BCUT2D eigenvalue weighted by molar-refractivity contribution is 0.557. The first-order valence-corrected chi connectivity index (χ1v) is 7.70. The van der Waals surface area contributed by atoms with Crippen LogP contribution in [-0.2, 0) is 5.41 Å². The van der Waals surface area contributed by atoms with Crippen molar-refractivity contribution in [2.75, 3.05) is 0 Å². The quantitative estimate of drug-likeness (QED) is 0.667. The Kier molecular flexibility index (Phi) is 4.11. The van der Waals surface area contributed by atoms with E-state index in [4.69, 9.17) is 4.42 Å². The van der Waals surface area contributed by atoms with Gasteiger partial charge < -0.3 is 4.42 Å². The summed E-state index contributed by atoms with van der Waals surface area (Å²) < 4.78 is 5.71. The van der Waals surface area contributed by atoms with Crippen LogP contribution in [0.1, 0.15) is 37.8 Å². The average molecular weight is 304 g/mol.